The molecule has 1 aliphatic carbocycles. The predicted octanol–water partition coefficient (Wildman–Crippen LogP) is 1.35. The Balaban J connectivity index is 1.82. The van der Waals surface area contributed by atoms with Crippen LogP contribution in [0.2, 0.25) is 0 Å². The van der Waals surface area contributed by atoms with Crippen molar-refractivity contribution in [1.29, 1.82) is 0 Å². The molecule has 70 valence electrons. The molecule has 1 saturated heterocycles. The molecule has 0 radical (unpaired) electrons. The Morgan fingerprint density at radius 1 is 1.08 bits per heavy atom. The maximum Gasteiger partial charge on any atom is 0.0233 e. The van der Waals surface area contributed by atoms with Gasteiger partial charge in [0, 0.05) is 25.2 Å². The average Bonchev–Trinajstić information content (AvgIpc) is 2.05. The number of hydrogen-bond acceptors (Lipinski definition) is 2. The molecule has 1 heterocycles. The van der Waals surface area contributed by atoms with Gasteiger partial charge < -0.3 is 5.73 Å². The molecule has 0 aromatic heterocycles. The van der Waals surface area contributed by atoms with E-state index in [0.717, 1.165) is 18.6 Å². The molecule has 2 fully saturated rings. The lowest BCUT2D eigenvalue weighted by Gasteiger charge is -2.47. The van der Waals surface area contributed by atoms with Crippen LogP contribution in [0.4, 0.5) is 0 Å². The van der Waals surface area contributed by atoms with Crippen LogP contribution in [0, 0.1) is 0 Å². The number of nitrogens with two attached hydrogens (primary N) is 1. The van der Waals surface area contributed by atoms with E-state index in [4.69, 9.17) is 5.73 Å². The predicted molar refractivity (Wildman–Crippen MR) is 51.0 cm³/mol. The Labute approximate surface area is 75.1 Å². The van der Waals surface area contributed by atoms with Gasteiger partial charge in [-0.3, -0.25) is 4.90 Å². The molecule has 2 rings (SSSR count). The molecule has 1 saturated carbocycles. The first kappa shape index (κ1) is 8.52. The van der Waals surface area contributed by atoms with Crippen LogP contribution in [0.5, 0.6) is 0 Å². The van der Waals surface area contributed by atoms with Crippen molar-refractivity contribution in [2.45, 2.75) is 50.6 Å². The number of rotatable bonds is 2. The second kappa shape index (κ2) is 3.75. The third-order valence-corrected chi connectivity index (χ3v) is 3.51. The van der Waals surface area contributed by atoms with E-state index in [2.05, 4.69) is 4.90 Å². The van der Waals surface area contributed by atoms with Crippen molar-refractivity contribution < 1.29 is 0 Å². The summed E-state index contributed by atoms with van der Waals surface area (Å²) in [6.45, 7) is 2.18. The summed E-state index contributed by atoms with van der Waals surface area (Å²) in [5, 5.41) is 0. The molecule has 0 bridgehead atoms. The fourth-order valence-electron chi connectivity index (χ4n) is 2.61. The Morgan fingerprint density at radius 3 is 2.33 bits per heavy atom. The quantitative estimate of drug-likeness (QED) is 0.674. The topological polar surface area (TPSA) is 29.3 Å². The zero-order valence-electron chi connectivity index (χ0n) is 7.84. The lowest BCUT2D eigenvalue weighted by molar-refractivity contribution is 0.0289. The molecule has 0 spiro atoms. The van der Waals surface area contributed by atoms with Crippen molar-refractivity contribution in [3.8, 4) is 0 Å². The third kappa shape index (κ3) is 1.50. The largest absolute Gasteiger partial charge is 0.329 e. The van der Waals surface area contributed by atoms with Crippen LogP contribution in [-0.2, 0) is 0 Å². The molecule has 0 amide bonds. The lowest BCUT2D eigenvalue weighted by Crippen LogP contribution is -2.56. The van der Waals surface area contributed by atoms with Gasteiger partial charge in [-0.25, -0.2) is 0 Å². The molecular weight excluding hydrogens is 148 g/mol. The van der Waals surface area contributed by atoms with E-state index in [1.54, 1.807) is 0 Å². The highest BCUT2D eigenvalue weighted by Gasteiger charge is 2.32. The molecule has 0 unspecified atom stereocenters. The summed E-state index contributed by atoms with van der Waals surface area (Å²) in [5.41, 5.74) is 5.69. The lowest BCUT2D eigenvalue weighted by atomic mass is 9.89. The summed E-state index contributed by atoms with van der Waals surface area (Å²) >= 11 is 0. The van der Waals surface area contributed by atoms with Gasteiger partial charge in [0.2, 0.25) is 0 Å². The molecule has 0 aromatic carbocycles. The van der Waals surface area contributed by atoms with Crippen LogP contribution in [-0.4, -0.2) is 30.1 Å². The first-order chi connectivity index (χ1) is 5.92. The minimum absolute atomic E-state index is 0.730. The van der Waals surface area contributed by atoms with Gasteiger partial charge in [-0.15, -0.1) is 0 Å². The van der Waals surface area contributed by atoms with E-state index < -0.39 is 0 Å². The second-order valence-corrected chi connectivity index (χ2v) is 4.21. The van der Waals surface area contributed by atoms with E-state index in [9.17, 15) is 0 Å². The van der Waals surface area contributed by atoms with Crippen LogP contribution in [0.1, 0.15) is 38.5 Å². The Kier molecular flexibility index (Phi) is 2.66. The van der Waals surface area contributed by atoms with E-state index in [1.165, 1.54) is 45.1 Å². The third-order valence-electron chi connectivity index (χ3n) is 3.51. The summed E-state index contributed by atoms with van der Waals surface area (Å²) in [5.74, 6) is 0. The maximum absolute atomic E-state index is 5.69. The van der Waals surface area contributed by atoms with Gasteiger partial charge in [0.15, 0.2) is 0 Å². The fourth-order valence-corrected chi connectivity index (χ4v) is 2.61. The molecule has 2 nitrogen and oxygen atoms in total. The zero-order valence-corrected chi connectivity index (χ0v) is 7.84. The van der Waals surface area contributed by atoms with Crippen molar-refractivity contribution in [3.05, 3.63) is 0 Å². The minimum atomic E-state index is 0.730. The van der Waals surface area contributed by atoms with Gasteiger partial charge in [-0.2, -0.15) is 0 Å². The summed E-state index contributed by atoms with van der Waals surface area (Å²) in [7, 11) is 0. The molecular formula is C10H20N2. The van der Waals surface area contributed by atoms with Gasteiger partial charge in [0.05, 0.1) is 0 Å². The Morgan fingerprint density at radius 2 is 1.83 bits per heavy atom. The van der Waals surface area contributed by atoms with Crippen LogP contribution >= 0.6 is 0 Å². The monoisotopic (exact) mass is 168 g/mol. The highest BCUT2D eigenvalue weighted by Crippen LogP contribution is 2.29. The van der Waals surface area contributed by atoms with Crippen LogP contribution < -0.4 is 5.73 Å². The Bertz CT molecular complexity index is 139. The molecule has 2 aliphatic rings. The zero-order chi connectivity index (χ0) is 8.39. The van der Waals surface area contributed by atoms with Gasteiger partial charge in [0.1, 0.15) is 0 Å². The molecule has 1 aliphatic heterocycles. The normalized spacial score (nSPS) is 33.2. The SMILES string of the molecule is NC[C@@H]1CCN1C1CCCCC1. The van der Waals surface area contributed by atoms with Gasteiger partial charge in [-0.05, 0) is 19.3 Å². The average molecular weight is 168 g/mol. The van der Waals surface area contributed by atoms with E-state index in [1.807, 2.05) is 0 Å². The fraction of sp³-hybridized carbons (Fsp3) is 1.00. The highest BCUT2D eigenvalue weighted by atomic mass is 15.2. The summed E-state index contributed by atoms with van der Waals surface area (Å²) in [6, 6.07) is 1.62. The number of nitrogens with zero attached hydrogens (tertiary/aromatic N) is 1. The van der Waals surface area contributed by atoms with Gasteiger partial charge in [-0.1, -0.05) is 19.3 Å². The van der Waals surface area contributed by atoms with Gasteiger partial charge >= 0.3 is 0 Å². The smallest absolute Gasteiger partial charge is 0.0233 e. The standard InChI is InChI=1S/C10H20N2/c11-8-10-6-7-12(10)9-4-2-1-3-5-9/h9-10H,1-8,11H2/t10-/m0/s1. The molecule has 0 aromatic rings. The molecule has 1 atom stereocenters. The van der Waals surface area contributed by atoms with E-state index >= 15 is 0 Å². The van der Waals surface area contributed by atoms with E-state index in [0.29, 0.717) is 0 Å². The van der Waals surface area contributed by atoms with Crippen molar-refractivity contribution in [2.24, 2.45) is 5.73 Å². The first-order valence-electron chi connectivity index (χ1n) is 5.37. The van der Waals surface area contributed by atoms with Crippen molar-refractivity contribution >= 4 is 0 Å². The van der Waals surface area contributed by atoms with Gasteiger partial charge in [0.25, 0.3) is 0 Å². The van der Waals surface area contributed by atoms with E-state index in [-0.39, 0.29) is 0 Å². The highest BCUT2D eigenvalue weighted by molar-refractivity contribution is 4.89. The summed E-state index contributed by atoms with van der Waals surface area (Å²) in [4.78, 5) is 2.64. The first-order valence-corrected chi connectivity index (χ1v) is 5.37. The molecule has 2 N–H and O–H groups in total. The summed E-state index contributed by atoms with van der Waals surface area (Å²) in [6.07, 6.45) is 8.54. The molecule has 2 heteroatoms. The van der Waals surface area contributed by atoms with Crippen LogP contribution in [0.15, 0.2) is 0 Å². The summed E-state index contributed by atoms with van der Waals surface area (Å²) < 4.78 is 0. The van der Waals surface area contributed by atoms with Crippen molar-refractivity contribution in [1.82, 2.24) is 4.90 Å². The van der Waals surface area contributed by atoms with Crippen LogP contribution in [0.3, 0.4) is 0 Å². The number of likely N-dealkylation sites (tertiary alicyclic amines) is 1. The van der Waals surface area contributed by atoms with Crippen molar-refractivity contribution in [2.75, 3.05) is 13.1 Å². The van der Waals surface area contributed by atoms with Crippen molar-refractivity contribution in [3.63, 3.8) is 0 Å². The number of hydrogen-bond donors (Lipinski definition) is 1. The Hall–Kier alpha value is -0.0800. The van der Waals surface area contributed by atoms with Crippen LogP contribution in [0.25, 0.3) is 0 Å². The maximum atomic E-state index is 5.69. The second-order valence-electron chi connectivity index (χ2n) is 4.21. The molecule has 12 heavy (non-hydrogen) atoms. The minimum Gasteiger partial charge on any atom is -0.329 e.